The van der Waals surface area contributed by atoms with Gasteiger partial charge in [-0.05, 0) is 25.1 Å². The smallest absolute Gasteiger partial charge is 0.257 e. The van der Waals surface area contributed by atoms with Gasteiger partial charge in [-0.25, -0.2) is 0 Å². The van der Waals surface area contributed by atoms with Crippen molar-refractivity contribution in [2.75, 3.05) is 46.5 Å². The number of rotatable bonds is 5. The van der Waals surface area contributed by atoms with Gasteiger partial charge in [0.1, 0.15) is 12.4 Å². The molecule has 1 heterocycles. The van der Waals surface area contributed by atoms with Crippen molar-refractivity contribution in [3.05, 3.63) is 29.8 Å². The van der Waals surface area contributed by atoms with Crippen molar-refractivity contribution in [3.63, 3.8) is 0 Å². The normalized spacial score (nSPS) is 15.8. The van der Waals surface area contributed by atoms with E-state index in [0.29, 0.717) is 24.5 Å². The Morgan fingerprint density at radius 2 is 2.10 bits per heavy atom. The molecule has 0 atom stereocenters. The molecule has 1 fully saturated rings. The van der Waals surface area contributed by atoms with Crippen LogP contribution >= 0.6 is 0 Å². The standard InChI is InChI=1S/C15H22N2O3/c1-19-11-12-20-14-6-3-2-5-13(14)15(18)17-9-4-7-16-8-10-17/h2-3,5-6,16H,4,7-12H2,1H3. The van der Waals surface area contributed by atoms with Crippen molar-refractivity contribution < 1.29 is 14.3 Å². The molecule has 1 aromatic rings. The number of nitrogens with zero attached hydrogens (tertiary/aromatic N) is 1. The van der Waals surface area contributed by atoms with Crippen molar-refractivity contribution in [1.82, 2.24) is 10.2 Å². The minimum absolute atomic E-state index is 0.0433. The number of benzene rings is 1. The summed E-state index contributed by atoms with van der Waals surface area (Å²) >= 11 is 0. The molecule has 5 heteroatoms. The average Bonchev–Trinajstić information content (AvgIpc) is 2.76. The summed E-state index contributed by atoms with van der Waals surface area (Å²) in [6.07, 6.45) is 0.985. The summed E-state index contributed by atoms with van der Waals surface area (Å²) in [5, 5.41) is 3.30. The maximum Gasteiger partial charge on any atom is 0.257 e. The van der Waals surface area contributed by atoms with Crippen LogP contribution in [-0.2, 0) is 4.74 Å². The minimum Gasteiger partial charge on any atom is -0.490 e. The molecule has 1 aliphatic heterocycles. The number of methoxy groups -OCH3 is 1. The van der Waals surface area contributed by atoms with Gasteiger partial charge >= 0.3 is 0 Å². The van der Waals surface area contributed by atoms with Crippen LogP contribution < -0.4 is 10.1 Å². The second-order valence-electron chi connectivity index (χ2n) is 4.73. The summed E-state index contributed by atoms with van der Waals surface area (Å²) in [4.78, 5) is 14.5. The highest BCUT2D eigenvalue weighted by Crippen LogP contribution is 2.20. The molecular formula is C15H22N2O3. The molecule has 1 amide bonds. The third-order valence-electron chi connectivity index (χ3n) is 3.29. The van der Waals surface area contributed by atoms with Crippen LogP contribution in [0.3, 0.4) is 0 Å². The molecule has 2 rings (SSSR count). The van der Waals surface area contributed by atoms with Crippen LogP contribution in [0.15, 0.2) is 24.3 Å². The van der Waals surface area contributed by atoms with E-state index < -0.39 is 0 Å². The van der Waals surface area contributed by atoms with Gasteiger partial charge in [0.05, 0.1) is 12.2 Å². The van der Waals surface area contributed by atoms with E-state index in [4.69, 9.17) is 9.47 Å². The molecular weight excluding hydrogens is 256 g/mol. The Morgan fingerprint density at radius 1 is 1.25 bits per heavy atom. The summed E-state index contributed by atoms with van der Waals surface area (Å²) in [5.41, 5.74) is 0.630. The zero-order valence-electron chi connectivity index (χ0n) is 11.9. The first-order valence-corrected chi connectivity index (χ1v) is 7.03. The molecule has 0 saturated carbocycles. The number of amides is 1. The van der Waals surface area contributed by atoms with Crippen LogP contribution in [0.25, 0.3) is 0 Å². The van der Waals surface area contributed by atoms with Crippen molar-refractivity contribution in [1.29, 1.82) is 0 Å². The predicted octanol–water partition coefficient (Wildman–Crippen LogP) is 1.15. The number of carbonyl (C=O) groups excluding carboxylic acids is 1. The van der Waals surface area contributed by atoms with Crippen LogP contribution in [0.4, 0.5) is 0 Å². The van der Waals surface area contributed by atoms with Crippen molar-refractivity contribution in [2.45, 2.75) is 6.42 Å². The first-order chi connectivity index (χ1) is 9.83. The SMILES string of the molecule is COCCOc1ccccc1C(=O)N1CCCNCC1. The number of hydrogen-bond donors (Lipinski definition) is 1. The number of hydrogen-bond acceptors (Lipinski definition) is 4. The van der Waals surface area contributed by atoms with Crippen LogP contribution in [0.5, 0.6) is 5.75 Å². The monoisotopic (exact) mass is 278 g/mol. The van der Waals surface area contributed by atoms with Crippen molar-refractivity contribution in [3.8, 4) is 5.75 Å². The third-order valence-corrected chi connectivity index (χ3v) is 3.29. The highest BCUT2D eigenvalue weighted by atomic mass is 16.5. The summed E-state index contributed by atoms with van der Waals surface area (Å²) in [5.74, 6) is 0.675. The van der Waals surface area contributed by atoms with E-state index in [-0.39, 0.29) is 5.91 Å². The molecule has 0 spiro atoms. The summed E-state index contributed by atoms with van der Waals surface area (Å²) in [6.45, 7) is 4.30. The van der Waals surface area contributed by atoms with Gasteiger partial charge in [-0.3, -0.25) is 4.79 Å². The van der Waals surface area contributed by atoms with Gasteiger partial charge in [0.15, 0.2) is 0 Å². The molecule has 0 aromatic heterocycles. The maximum atomic E-state index is 12.6. The Labute approximate surface area is 119 Å². The van der Waals surface area contributed by atoms with E-state index in [0.717, 1.165) is 32.6 Å². The zero-order valence-corrected chi connectivity index (χ0v) is 11.9. The zero-order chi connectivity index (χ0) is 14.2. The molecule has 0 radical (unpaired) electrons. The number of ether oxygens (including phenoxy) is 2. The lowest BCUT2D eigenvalue weighted by molar-refractivity contribution is 0.0759. The minimum atomic E-state index is 0.0433. The predicted molar refractivity (Wildman–Crippen MR) is 77.2 cm³/mol. The molecule has 1 aliphatic rings. The number of para-hydroxylation sites is 1. The summed E-state index contributed by atoms with van der Waals surface area (Å²) in [7, 11) is 1.63. The van der Waals surface area contributed by atoms with E-state index in [9.17, 15) is 4.79 Å². The first kappa shape index (κ1) is 14.8. The lowest BCUT2D eigenvalue weighted by Gasteiger charge is -2.21. The molecule has 0 bridgehead atoms. The molecule has 5 nitrogen and oxygen atoms in total. The van der Waals surface area contributed by atoms with E-state index in [1.807, 2.05) is 29.2 Å². The fraction of sp³-hybridized carbons (Fsp3) is 0.533. The number of carbonyl (C=O) groups is 1. The van der Waals surface area contributed by atoms with E-state index in [1.165, 1.54) is 0 Å². The average molecular weight is 278 g/mol. The third kappa shape index (κ3) is 3.95. The molecule has 0 unspecified atom stereocenters. The molecule has 1 aromatic carbocycles. The van der Waals surface area contributed by atoms with Gasteiger partial charge in [-0.15, -0.1) is 0 Å². The van der Waals surface area contributed by atoms with Gasteiger partial charge < -0.3 is 19.7 Å². The van der Waals surface area contributed by atoms with Crippen molar-refractivity contribution in [2.24, 2.45) is 0 Å². The van der Waals surface area contributed by atoms with Crippen LogP contribution in [-0.4, -0.2) is 57.3 Å². The lowest BCUT2D eigenvalue weighted by atomic mass is 10.1. The van der Waals surface area contributed by atoms with Crippen LogP contribution in [0.2, 0.25) is 0 Å². The van der Waals surface area contributed by atoms with Gasteiger partial charge in [-0.2, -0.15) is 0 Å². The van der Waals surface area contributed by atoms with E-state index in [2.05, 4.69) is 5.32 Å². The fourth-order valence-electron chi connectivity index (χ4n) is 2.22. The second-order valence-corrected chi connectivity index (χ2v) is 4.73. The lowest BCUT2D eigenvalue weighted by Crippen LogP contribution is -2.34. The molecule has 1 saturated heterocycles. The highest BCUT2D eigenvalue weighted by molar-refractivity contribution is 5.97. The highest BCUT2D eigenvalue weighted by Gasteiger charge is 2.20. The number of nitrogens with one attached hydrogen (secondary N) is 1. The van der Waals surface area contributed by atoms with Gasteiger partial charge in [-0.1, -0.05) is 12.1 Å². The van der Waals surface area contributed by atoms with Gasteiger partial charge in [0.25, 0.3) is 5.91 Å². The summed E-state index contributed by atoms with van der Waals surface area (Å²) < 4.78 is 10.6. The van der Waals surface area contributed by atoms with Crippen LogP contribution in [0.1, 0.15) is 16.8 Å². The molecule has 1 N–H and O–H groups in total. The largest absolute Gasteiger partial charge is 0.490 e. The Balaban J connectivity index is 2.07. The fourth-order valence-corrected chi connectivity index (χ4v) is 2.22. The quantitative estimate of drug-likeness (QED) is 0.821. The molecule has 0 aliphatic carbocycles. The Bertz CT molecular complexity index is 429. The Morgan fingerprint density at radius 3 is 2.95 bits per heavy atom. The Hall–Kier alpha value is -1.59. The topological polar surface area (TPSA) is 50.8 Å². The first-order valence-electron chi connectivity index (χ1n) is 7.03. The second kappa shape index (κ2) is 7.87. The van der Waals surface area contributed by atoms with Gasteiger partial charge in [0, 0.05) is 26.7 Å². The van der Waals surface area contributed by atoms with Gasteiger partial charge in [0.2, 0.25) is 0 Å². The molecule has 20 heavy (non-hydrogen) atoms. The Kier molecular flexibility index (Phi) is 5.83. The van der Waals surface area contributed by atoms with E-state index in [1.54, 1.807) is 7.11 Å². The van der Waals surface area contributed by atoms with Crippen LogP contribution in [0, 0.1) is 0 Å². The maximum absolute atomic E-state index is 12.6. The van der Waals surface area contributed by atoms with Crippen molar-refractivity contribution >= 4 is 5.91 Å². The van der Waals surface area contributed by atoms with E-state index >= 15 is 0 Å². The summed E-state index contributed by atoms with van der Waals surface area (Å²) in [6, 6.07) is 7.40. The molecule has 110 valence electrons.